The Kier molecular flexibility index (Phi) is 4.73. The molecule has 3 aliphatic heterocycles. The molecule has 4 nitrogen and oxygen atoms in total. The molecule has 5 atom stereocenters. The number of ether oxygens (including phenoxy) is 1. The highest BCUT2D eigenvalue weighted by molar-refractivity contribution is 5.83. The molecule has 0 spiro atoms. The third-order valence-corrected chi connectivity index (χ3v) is 7.27. The Morgan fingerprint density at radius 3 is 2.85 bits per heavy atom. The van der Waals surface area contributed by atoms with Crippen molar-refractivity contribution in [2.75, 3.05) is 20.2 Å². The van der Waals surface area contributed by atoms with Crippen molar-refractivity contribution in [1.82, 2.24) is 4.98 Å². The molecule has 144 valence electrons. The van der Waals surface area contributed by atoms with Gasteiger partial charge in [0.05, 0.1) is 31.8 Å². The molecule has 3 unspecified atom stereocenters. The van der Waals surface area contributed by atoms with Crippen LogP contribution in [0.1, 0.15) is 38.4 Å². The van der Waals surface area contributed by atoms with Gasteiger partial charge in [-0.3, -0.25) is 4.98 Å². The first-order valence-electron chi connectivity index (χ1n) is 10.1. The highest BCUT2D eigenvalue weighted by Crippen LogP contribution is 2.48. The molecule has 27 heavy (non-hydrogen) atoms. The van der Waals surface area contributed by atoms with Gasteiger partial charge in [0.25, 0.3) is 0 Å². The standard InChI is InChI=1S/C23H31N2O2/c1-5-16-14-25(15(2)3)11-9-17(16)12-22(25)23(26)19-8-10-24-21-7-6-18(27-4)13-20(19)21/h5-8,10,13,15-17,22-23,26H,1,9,11-12,14H2,2-4H3/q+1/t16?,17?,22-,23+,25?/m1/s1. The number of hydrogen-bond acceptors (Lipinski definition) is 3. The zero-order valence-electron chi connectivity index (χ0n) is 16.6. The third kappa shape index (κ3) is 2.86. The molecule has 2 aromatic rings. The van der Waals surface area contributed by atoms with Crippen molar-refractivity contribution in [3.05, 3.63) is 48.7 Å². The average molecular weight is 368 g/mol. The van der Waals surface area contributed by atoms with Gasteiger partial charge in [0.2, 0.25) is 0 Å². The Labute approximate surface area is 162 Å². The molecule has 5 rings (SSSR count). The van der Waals surface area contributed by atoms with Gasteiger partial charge in [-0.2, -0.15) is 0 Å². The second-order valence-electron chi connectivity index (χ2n) is 8.58. The minimum Gasteiger partial charge on any atom is -0.497 e. The number of nitrogens with zero attached hydrogens (tertiary/aromatic N) is 2. The summed E-state index contributed by atoms with van der Waals surface area (Å²) >= 11 is 0. The third-order valence-electron chi connectivity index (χ3n) is 7.27. The van der Waals surface area contributed by atoms with Crippen molar-refractivity contribution >= 4 is 10.9 Å². The number of rotatable bonds is 5. The highest BCUT2D eigenvalue weighted by Gasteiger charge is 2.55. The van der Waals surface area contributed by atoms with Crippen LogP contribution < -0.4 is 4.74 Å². The number of piperidine rings is 3. The van der Waals surface area contributed by atoms with E-state index in [-0.39, 0.29) is 6.04 Å². The number of hydrogen-bond donors (Lipinski definition) is 1. The molecule has 1 N–H and O–H groups in total. The van der Waals surface area contributed by atoms with Crippen LogP contribution in [0.2, 0.25) is 0 Å². The van der Waals surface area contributed by atoms with Gasteiger partial charge in [-0.15, -0.1) is 6.58 Å². The maximum absolute atomic E-state index is 11.6. The number of quaternary nitrogens is 1. The maximum atomic E-state index is 11.6. The van der Waals surface area contributed by atoms with E-state index in [4.69, 9.17) is 4.74 Å². The van der Waals surface area contributed by atoms with Gasteiger partial charge in [-0.25, -0.2) is 0 Å². The van der Waals surface area contributed by atoms with Crippen LogP contribution in [-0.4, -0.2) is 46.9 Å². The molecule has 1 aromatic heterocycles. The SMILES string of the molecule is C=CC1C[N+]2(C(C)C)CCC1C[C@@H]2[C@@H](O)c1ccnc2ccc(OC)cc12. The Bertz CT molecular complexity index is 849. The normalized spacial score (nSPS) is 31.2. The zero-order chi connectivity index (χ0) is 19.2. The van der Waals surface area contributed by atoms with Gasteiger partial charge in [-0.05, 0) is 49.6 Å². The van der Waals surface area contributed by atoms with Crippen LogP contribution in [0.3, 0.4) is 0 Å². The van der Waals surface area contributed by atoms with E-state index in [1.165, 1.54) is 6.42 Å². The molecule has 0 aliphatic carbocycles. The van der Waals surface area contributed by atoms with Crippen LogP contribution in [0.25, 0.3) is 10.9 Å². The minimum atomic E-state index is -0.501. The van der Waals surface area contributed by atoms with Gasteiger partial charge in [-0.1, -0.05) is 6.08 Å². The molecular formula is C23H31N2O2+. The number of pyridine rings is 1. The molecule has 2 bridgehead atoms. The first-order chi connectivity index (χ1) is 13.0. The van der Waals surface area contributed by atoms with Crippen molar-refractivity contribution in [3.63, 3.8) is 0 Å². The van der Waals surface area contributed by atoms with Crippen LogP contribution in [0.5, 0.6) is 5.75 Å². The Hall–Kier alpha value is -1.91. The second-order valence-corrected chi connectivity index (χ2v) is 8.58. The number of aliphatic hydroxyl groups excluding tert-OH is 1. The molecule has 0 amide bonds. The second kappa shape index (κ2) is 6.92. The number of fused-ring (bicyclic) bond motifs is 4. The van der Waals surface area contributed by atoms with Crippen molar-refractivity contribution in [2.45, 2.75) is 44.9 Å². The lowest BCUT2D eigenvalue weighted by Crippen LogP contribution is -2.70. The van der Waals surface area contributed by atoms with Crippen LogP contribution >= 0.6 is 0 Å². The summed E-state index contributed by atoms with van der Waals surface area (Å²) in [6.45, 7) is 10.9. The maximum Gasteiger partial charge on any atom is 0.131 e. The fourth-order valence-electron chi connectivity index (χ4n) is 5.63. The quantitative estimate of drug-likeness (QED) is 0.639. The highest BCUT2D eigenvalue weighted by atomic mass is 16.5. The summed E-state index contributed by atoms with van der Waals surface area (Å²) < 4.78 is 6.40. The van der Waals surface area contributed by atoms with Crippen molar-refractivity contribution in [1.29, 1.82) is 0 Å². The Morgan fingerprint density at radius 2 is 2.15 bits per heavy atom. The number of aromatic nitrogens is 1. The fourth-order valence-corrected chi connectivity index (χ4v) is 5.63. The van der Waals surface area contributed by atoms with Crippen molar-refractivity contribution in [3.8, 4) is 5.75 Å². The van der Waals surface area contributed by atoms with E-state index in [9.17, 15) is 5.11 Å². The summed E-state index contributed by atoms with van der Waals surface area (Å²) in [6, 6.07) is 8.58. The van der Waals surface area contributed by atoms with Gasteiger partial charge >= 0.3 is 0 Å². The lowest BCUT2D eigenvalue weighted by atomic mass is 9.70. The van der Waals surface area contributed by atoms with Gasteiger partial charge < -0.3 is 14.3 Å². The Morgan fingerprint density at radius 1 is 1.33 bits per heavy atom. The number of benzene rings is 1. The topological polar surface area (TPSA) is 42.4 Å². The summed E-state index contributed by atoms with van der Waals surface area (Å²) in [5.41, 5.74) is 1.88. The monoisotopic (exact) mass is 367 g/mol. The summed E-state index contributed by atoms with van der Waals surface area (Å²) in [6.07, 6.45) is 5.76. The molecule has 0 radical (unpaired) electrons. The lowest BCUT2D eigenvalue weighted by molar-refractivity contribution is -0.990. The molecule has 4 heterocycles. The smallest absolute Gasteiger partial charge is 0.131 e. The van der Waals surface area contributed by atoms with E-state index in [0.29, 0.717) is 17.9 Å². The molecule has 1 aromatic carbocycles. The first kappa shape index (κ1) is 18.5. The predicted octanol–water partition coefficient (Wildman–Crippen LogP) is 4.10. The largest absolute Gasteiger partial charge is 0.497 e. The molecular weight excluding hydrogens is 336 g/mol. The molecule has 3 saturated heterocycles. The zero-order valence-corrected chi connectivity index (χ0v) is 16.6. The van der Waals surface area contributed by atoms with Gasteiger partial charge in [0.1, 0.15) is 17.9 Å². The molecule has 4 heteroatoms. The van der Waals surface area contributed by atoms with E-state index in [2.05, 4.69) is 31.5 Å². The van der Waals surface area contributed by atoms with Crippen LogP contribution in [0.4, 0.5) is 0 Å². The average Bonchev–Trinajstić information content (AvgIpc) is 2.72. The van der Waals surface area contributed by atoms with E-state index >= 15 is 0 Å². The molecule has 0 saturated carbocycles. The van der Waals surface area contributed by atoms with Crippen LogP contribution in [0.15, 0.2) is 43.1 Å². The first-order valence-corrected chi connectivity index (χ1v) is 10.1. The summed E-state index contributed by atoms with van der Waals surface area (Å²) in [5, 5.41) is 12.6. The molecule has 3 aliphatic rings. The minimum absolute atomic E-state index is 0.219. The molecule has 3 fully saturated rings. The summed E-state index contributed by atoms with van der Waals surface area (Å²) in [5.74, 6) is 2.01. The fraction of sp³-hybridized carbons (Fsp3) is 0.522. The lowest BCUT2D eigenvalue weighted by Gasteiger charge is -2.60. The van der Waals surface area contributed by atoms with E-state index in [1.54, 1.807) is 7.11 Å². The van der Waals surface area contributed by atoms with Gasteiger partial charge in [0, 0.05) is 30.3 Å². The number of methoxy groups -OCH3 is 1. The summed E-state index contributed by atoms with van der Waals surface area (Å²) in [7, 11) is 1.67. The van der Waals surface area contributed by atoms with Crippen LogP contribution in [-0.2, 0) is 0 Å². The number of aliphatic hydroxyl groups is 1. The van der Waals surface area contributed by atoms with E-state index in [1.807, 2.05) is 30.5 Å². The Balaban J connectivity index is 1.77. The van der Waals surface area contributed by atoms with E-state index < -0.39 is 6.10 Å². The predicted molar refractivity (Wildman–Crippen MR) is 109 cm³/mol. The van der Waals surface area contributed by atoms with Crippen LogP contribution in [0, 0.1) is 11.8 Å². The summed E-state index contributed by atoms with van der Waals surface area (Å²) in [4.78, 5) is 4.49. The van der Waals surface area contributed by atoms with Crippen molar-refractivity contribution in [2.24, 2.45) is 11.8 Å². The van der Waals surface area contributed by atoms with Crippen molar-refractivity contribution < 1.29 is 14.3 Å². The van der Waals surface area contributed by atoms with E-state index in [0.717, 1.165) is 46.2 Å². The van der Waals surface area contributed by atoms with Gasteiger partial charge in [0.15, 0.2) is 0 Å².